The number of hydrogen-bond donors (Lipinski definition) is 0. The quantitative estimate of drug-likeness (QED) is 0.783. The van der Waals surface area contributed by atoms with E-state index in [0.717, 1.165) is 0 Å². The lowest BCUT2D eigenvalue weighted by molar-refractivity contribution is 0.112. The molecule has 0 radical (unpaired) electrons. The third kappa shape index (κ3) is 2.08. The van der Waals surface area contributed by atoms with Crippen LogP contribution in [-0.4, -0.2) is 25.4 Å². The molecule has 5 heteroatoms. The monoisotopic (exact) mass is 268 g/mol. The van der Waals surface area contributed by atoms with Gasteiger partial charge in [0, 0.05) is 24.5 Å². The lowest BCUT2D eigenvalue weighted by Gasteiger charge is -2.16. The minimum atomic E-state index is 0.381. The molecule has 1 aromatic carbocycles. The van der Waals surface area contributed by atoms with Gasteiger partial charge < -0.3 is 4.90 Å². The Balaban J connectivity index is 2.87. The van der Waals surface area contributed by atoms with Crippen LogP contribution in [0.25, 0.3) is 10.9 Å². The van der Waals surface area contributed by atoms with Crippen molar-refractivity contribution in [1.82, 2.24) is 4.98 Å². The summed E-state index contributed by atoms with van der Waals surface area (Å²) in [6, 6.07) is 5.23. The van der Waals surface area contributed by atoms with Crippen LogP contribution in [0.1, 0.15) is 10.4 Å². The second-order valence-corrected chi connectivity index (χ2v) is 4.65. The molecule has 0 atom stereocenters. The minimum absolute atomic E-state index is 0.381. The molecule has 0 N–H and O–H groups in total. The SMILES string of the molecule is CN(C)c1nc2ccc(Cl)cc2c(Cl)c1C=O. The van der Waals surface area contributed by atoms with Crippen LogP contribution in [-0.2, 0) is 0 Å². The van der Waals surface area contributed by atoms with Crippen molar-refractivity contribution >= 4 is 46.2 Å². The summed E-state index contributed by atoms with van der Waals surface area (Å²) in [5.41, 5.74) is 1.10. The van der Waals surface area contributed by atoms with Gasteiger partial charge in [-0.2, -0.15) is 0 Å². The van der Waals surface area contributed by atoms with Crippen molar-refractivity contribution in [3.05, 3.63) is 33.8 Å². The van der Waals surface area contributed by atoms with Crippen molar-refractivity contribution in [2.75, 3.05) is 19.0 Å². The van der Waals surface area contributed by atoms with Gasteiger partial charge >= 0.3 is 0 Å². The van der Waals surface area contributed by atoms with Crippen LogP contribution in [0, 0.1) is 0 Å². The lowest BCUT2D eigenvalue weighted by Crippen LogP contribution is -2.13. The molecule has 0 spiro atoms. The number of fused-ring (bicyclic) bond motifs is 1. The molecule has 0 unspecified atom stereocenters. The molecule has 0 aliphatic rings. The number of hydrogen-bond acceptors (Lipinski definition) is 3. The Kier molecular flexibility index (Phi) is 3.22. The van der Waals surface area contributed by atoms with Crippen molar-refractivity contribution in [2.45, 2.75) is 0 Å². The zero-order valence-electron chi connectivity index (χ0n) is 9.37. The summed E-state index contributed by atoms with van der Waals surface area (Å²) in [5, 5.41) is 1.64. The second-order valence-electron chi connectivity index (χ2n) is 3.84. The van der Waals surface area contributed by atoms with Crippen LogP contribution in [0.5, 0.6) is 0 Å². The molecule has 0 amide bonds. The molecule has 0 aliphatic carbocycles. The van der Waals surface area contributed by atoms with Crippen LogP contribution < -0.4 is 4.90 Å². The third-order valence-electron chi connectivity index (χ3n) is 2.44. The zero-order valence-corrected chi connectivity index (χ0v) is 10.9. The normalized spacial score (nSPS) is 10.6. The van der Waals surface area contributed by atoms with Gasteiger partial charge in [-0.3, -0.25) is 4.79 Å². The molecule has 0 saturated heterocycles. The van der Waals surface area contributed by atoms with E-state index in [2.05, 4.69) is 4.98 Å². The number of aldehydes is 1. The topological polar surface area (TPSA) is 33.2 Å². The molecule has 0 fully saturated rings. The summed E-state index contributed by atoms with van der Waals surface area (Å²) in [6.45, 7) is 0. The number of aromatic nitrogens is 1. The van der Waals surface area contributed by atoms with Gasteiger partial charge in [-0.25, -0.2) is 4.98 Å². The summed E-state index contributed by atoms with van der Waals surface area (Å²) >= 11 is 12.1. The predicted octanol–water partition coefficient (Wildman–Crippen LogP) is 3.42. The van der Waals surface area contributed by atoms with E-state index in [9.17, 15) is 4.79 Å². The molecule has 3 nitrogen and oxygen atoms in total. The molecule has 0 aliphatic heterocycles. The van der Waals surface area contributed by atoms with Gasteiger partial charge in [0.2, 0.25) is 0 Å². The van der Waals surface area contributed by atoms with E-state index >= 15 is 0 Å². The van der Waals surface area contributed by atoms with Gasteiger partial charge in [0.1, 0.15) is 5.82 Å². The van der Waals surface area contributed by atoms with E-state index in [1.54, 1.807) is 23.1 Å². The Hall–Kier alpha value is -1.32. The molecule has 0 bridgehead atoms. The summed E-state index contributed by atoms with van der Waals surface area (Å²) < 4.78 is 0. The number of nitrogens with zero attached hydrogens (tertiary/aromatic N) is 2. The standard InChI is InChI=1S/C12H10Cl2N2O/c1-16(2)12-9(6-17)11(14)8-5-7(13)3-4-10(8)15-12/h3-6H,1-2H3. The molecule has 17 heavy (non-hydrogen) atoms. The second kappa shape index (κ2) is 4.51. The largest absolute Gasteiger partial charge is 0.362 e. The van der Waals surface area contributed by atoms with Gasteiger partial charge in [-0.1, -0.05) is 23.2 Å². The van der Waals surface area contributed by atoms with Gasteiger partial charge in [-0.15, -0.1) is 0 Å². The number of carbonyl (C=O) groups excluding carboxylic acids is 1. The Bertz CT molecular complexity index is 597. The molecular weight excluding hydrogens is 259 g/mol. The molecular formula is C12H10Cl2N2O. The average molecular weight is 269 g/mol. The fraction of sp³-hybridized carbons (Fsp3) is 0.167. The van der Waals surface area contributed by atoms with Crippen molar-refractivity contribution in [1.29, 1.82) is 0 Å². The van der Waals surface area contributed by atoms with Crippen LogP contribution in [0.3, 0.4) is 0 Å². The zero-order chi connectivity index (χ0) is 12.6. The molecule has 0 saturated carbocycles. The molecule has 2 aromatic rings. The summed E-state index contributed by atoms with van der Waals surface area (Å²) in [6.07, 6.45) is 0.713. The first-order valence-electron chi connectivity index (χ1n) is 4.96. The Morgan fingerprint density at radius 2 is 2.00 bits per heavy atom. The predicted molar refractivity (Wildman–Crippen MR) is 71.5 cm³/mol. The van der Waals surface area contributed by atoms with E-state index in [-0.39, 0.29) is 0 Å². The smallest absolute Gasteiger partial charge is 0.155 e. The van der Waals surface area contributed by atoms with Gasteiger partial charge in [0.15, 0.2) is 6.29 Å². The number of benzene rings is 1. The summed E-state index contributed by atoms with van der Waals surface area (Å²) in [5.74, 6) is 0.555. The van der Waals surface area contributed by atoms with Crippen molar-refractivity contribution in [2.24, 2.45) is 0 Å². The van der Waals surface area contributed by atoms with Crippen molar-refractivity contribution in [3.63, 3.8) is 0 Å². The number of pyridine rings is 1. The maximum Gasteiger partial charge on any atom is 0.155 e. The van der Waals surface area contributed by atoms with Crippen LogP contribution in [0.2, 0.25) is 10.0 Å². The van der Waals surface area contributed by atoms with Gasteiger partial charge in [0.25, 0.3) is 0 Å². The molecule has 2 rings (SSSR count). The Morgan fingerprint density at radius 3 is 2.59 bits per heavy atom. The first-order valence-corrected chi connectivity index (χ1v) is 5.71. The minimum Gasteiger partial charge on any atom is -0.362 e. The maximum absolute atomic E-state index is 11.1. The summed E-state index contributed by atoms with van der Waals surface area (Å²) in [7, 11) is 3.63. The van der Waals surface area contributed by atoms with Crippen molar-refractivity contribution < 1.29 is 4.79 Å². The number of anilines is 1. The number of rotatable bonds is 2. The van der Waals surface area contributed by atoms with Gasteiger partial charge in [-0.05, 0) is 18.2 Å². The first-order chi connectivity index (χ1) is 8.04. The van der Waals surface area contributed by atoms with Crippen molar-refractivity contribution in [3.8, 4) is 0 Å². The van der Waals surface area contributed by atoms with Gasteiger partial charge in [0.05, 0.1) is 16.1 Å². The molecule has 88 valence electrons. The number of carbonyl (C=O) groups is 1. The van der Waals surface area contributed by atoms with Crippen LogP contribution >= 0.6 is 23.2 Å². The highest BCUT2D eigenvalue weighted by Gasteiger charge is 2.14. The van der Waals surface area contributed by atoms with Crippen LogP contribution in [0.4, 0.5) is 5.82 Å². The number of halogens is 2. The fourth-order valence-electron chi connectivity index (χ4n) is 1.64. The highest BCUT2D eigenvalue weighted by Crippen LogP contribution is 2.32. The third-order valence-corrected chi connectivity index (χ3v) is 3.08. The van der Waals surface area contributed by atoms with Crippen LogP contribution in [0.15, 0.2) is 18.2 Å². The fourth-order valence-corrected chi connectivity index (χ4v) is 2.10. The Morgan fingerprint density at radius 1 is 1.29 bits per heavy atom. The first kappa shape index (κ1) is 12.1. The van der Waals surface area contributed by atoms with E-state index < -0.39 is 0 Å². The summed E-state index contributed by atoms with van der Waals surface area (Å²) in [4.78, 5) is 17.2. The van der Waals surface area contributed by atoms with E-state index in [4.69, 9.17) is 23.2 Å². The van der Waals surface area contributed by atoms with E-state index in [1.165, 1.54) is 0 Å². The lowest BCUT2D eigenvalue weighted by atomic mass is 10.1. The highest BCUT2D eigenvalue weighted by atomic mass is 35.5. The molecule has 1 heterocycles. The Labute approximate surface area is 109 Å². The average Bonchev–Trinajstić information content (AvgIpc) is 2.29. The van der Waals surface area contributed by atoms with E-state index in [1.807, 2.05) is 14.1 Å². The maximum atomic E-state index is 11.1. The van der Waals surface area contributed by atoms with E-state index in [0.29, 0.717) is 38.6 Å². The highest BCUT2D eigenvalue weighted by molar-refractivity contribution is 6.39. The molecule has 1 aromatic heterocycles.